The Labute approximate surface area is 160 Å². The Hall–Kier alpha value is -0.863. The monoisotopic (exact) mass is 396 g/mol. The SMILES string of the molecule is CC(C)(C)[Si](C)(C)O[C@@H]1[C@H](O)[C@@H](Sc2ccccc2)[C@]2(O)C[C@H]1OC2=O. The van der Waals surface area contributed by atoms with E-state index in [1.54, 1.807) is 0 Å². The molecule has 3 rings (SSSR count). The number of benzene rings is 1. The lowest BCUT2D eigenvalue weighted by atomic mass is 9.82. The van der Waals surface area contributed by atoms with Gasteiger partial charge in [0, 0.05) is 11.3 Å². The van der Waals surface area contributed by atoms with E-state index in [9.17, 15) is 15.0 Å². The van der Waals surface area contributed by atoms with Crippen LogP contribution in [-0.4, -0.2) is 53.7 Å². The number of ether oxygens (including phenoxy) is 1. The Kier molecular flexibility index (Phi) is 5.07. The molecule has 1 aromatic carbocycles. The normalized spacial score (nSPS) is 34.7. The van der Waals surface area contributed by atoms with E-state index in [0.29, 0.717) is 0 Å². The predicted molar refractivity (Wildman–Crippen MR) is 104 cm³/mol. The van der Waals surface area contributed by atoms with E-state index in [4.69, 9.17) is 9.16 Å². The summed E-state index contributed by atoms with van der Waals surface area (Å²) in [6.07, 6.45) is -2.07. The zero-order chi connectivity index (χ0) is 19.3. The number of hydrogen-bond donors (Lipinski definition) is 2. The molecule has 0 radical (unpaired) electrons. The van der Waals surface area contributed by atoms with Gasteiger partial charge in [-0.3, -0.25) is 0 Å². The van der Waals surface area contributed by atoms with Gasteiger partial charge in [0.1, 0.15) is 12.2 Å². The maximum Gasteiger partial charge on any atom is 0.339 e. The lowest BCUT2D eigenvalue weighted by Crippen LogP contribution is -2.61. The second-order valence-electron chi connectivity index (χ2n) is 8.76. The van der Waals surface area contributed by atoms with Crippen LogP contribution in [0.4, 0.5) is 0 Å². The van der Waals surface area contributed by atoms with Crippen LogP contribution in [-0.2, 0) is 14.0 Å². The maximum absolute atomic E-state index is 12.4. The molecule has 5 atom stereocenters. The van der Waals surface area contributed by atoms with E-state index in [-0.39, 0.29) is 11.5 Å². The minimum atomic E-state index is -2.18. The van der Waals surface area contributed by atoms with Crippen molar-refractivity contribution in [2.24, 2.45) is 0 Å². The number of hydrogen-bond acceptors (Lipinski definition) is 6. The molecule has 0 aromatic heterocycles. The first kappa shape index (κ1) is 19.9. The second kappa shape index (κ2) is 6.63. The van der Waals surface area contributed by atoms with Crippen molar-refractivity contribution in [1.29, 1.82) is 0 Å². The van der Waals surface area contributed by atoms with Crippen molar-refractivity contribution in [3.05, 3.63) is 30.3 Å². The topological polar surface area (TPSA) is 76.0 Å². The van der Waals surface area contributed by atoms with Gasteiger partial charge in [0.2, 0.25) is 0 Å². The fraction of sp³-hybridized carbons (Fsp3) is 0.632. The van der Waals surface area contributed by atoms with E-state index >= 15 is 0 Å². The highest BCUT2D eigenvalue weighted by molar-refractivity contribution is 8.00. The quantitative estimate of drug-likeness (QED) is 0.602. The number of carbonyl (C=O) groups excluding carboxylic acids is 1. The van der Waals surface area contributed by atoms with Gasteiger partial charge in [-0.1, -0.05) is 39.0 Å². The molecular weight excluding hydrogens is 368 g/mol. The molecule has 2 N–H and O–H groups in total. The zero-order valence-electron chi connectivity index (χ0n) is 15.9. The van der Waals surface area contributed by atoms with Crippen LogP contribution in [0.2, 0.25) is 18.1 Å². The zero-order valence-corrected chi connectivity index (χ0v) is 17.7. The summed E-state index contributed by atoms with van der Waals surface area (Å²) in [5, 5.41) is 21.3. The summed E-state index contributed by atoms with van der Waals surface area (Å²) in [4.78, 5) is 13.3. The number of esters is 1. The van der Waals surface area contributed by atoms with Gasteiger partial charge < -0.3 is 19.4 Å². The summed E-state index contributed by atoms with van der Waals surface area (Å²) in [5.41, 5.74) is -1.68. The highest BCUT2D eigenvalue weighted by Crippen LogP contribution is 2.49. The van der Waals surface area contributed by atoms with Crippen molar-refractivity contribution in [3.8, 4) is 0 Å². The largest absolute Gasteiger partial charge is 0.457 e. The molecule has 26 heavy (non-hydrogen) atoms. The van der Waals surface area contributed by atoms with Gasteiger partial charge >= 0.3 is 5.97 Å². The van der Waals surface area contributed by atoms with E-state index in [1.807, 2.05) is 30.3 Å². The van der Waals surface area contributed by atoms with E-state index < -0.39 is 43.4 Å². The summed E-state index contributed by atoms with van der Waals surface area (Å²) >= 11 is 1.31. The molecule has 2 bridgehead atoms. The Morgan fingerprint density at radius 3 is 2.46 bits per heavy atom. The minimum absolute atomic E-state index is 0.0366. The molecule has 1 saturated carbocycles. The highest BCUT2D eigenvalue weighted by atomic mass is 32.2. The van der Waals surface area contributed by atoms with Crippen molar-refractivity contribution in [1.82, 2.24) is 0 Å². The lowest BCUT2D eigenvalue weighted by Gasteiger charge is -2.46. The van der Waals surface area contributed by atoms with Crippen LogP contribution >= 0.6 is 11.8 Å². The maximum atomic E-state index is 12.4. The minimum Gasteiger partial charge on any atom is -0.457 e. The van der Waals surface area contributed by atoms with Crippen LogP contribution in [0.15, 0.2) is 35.2 Å². The molecule has 0 amide bonds. The molecular formula is C19H28O5SSi. The molecule has 7 heteroatoms. The molecule has 1 aliphatic carbocycles. The third-order valence-corrected chi connectivity index (χ3v) is 11.8. The number of aliphatic hydroxyl groups is 2. The van der Waals surface area contributed by atoms with Gasteiger partial charge in [0.05, 0.1) is 11.4 Å². The fourth-order valence-electron chi connectivity index (χ4n) is 3.24. The van der Waals surface area contributed by atoms with Crippen molar-refractivity contribution >= 4 is 26.0 Å². The number of aliphatic hydroxyl groups excluding tert-OH is 1. The number of thioether (sulfide) groups is 1. The first-order valence-electron chi connectivity index (χ1n) is 8.97. The van der Waals surface area contributed by atoms with Crippen molar-refractivity contribution in [2.45, 2.75) is 79.4 Å². The van der Waals surface area contributed by atoms with Gasteiger partial charge in [0.15, 0.2) is 13.9 Å². The average molecular weight is 397 g/mol. The molecule has 1 saturated heterocycles. The van der Waals surface area contributed by atoms with Crippen LogP contribution in [0.25, 0.3) is 0 Å². The number of rotatable bonds is 4. The van der Waals surface area contributed by atoms with E-state index in [0.717, 1.165) is 4.90 Å². The Morgan fingerprint density at radius 2 is 1.88 bits per heavy atom. The van der Waals surface area contributed by atoms with Gasteiger partial charge in [-0.05, 0) is 30.3 Å². The fourth-order valence-corrected chi connectivity index (χ4v) is 5.85. The average Bonchev–Trinajstić information content (AvgIpc) is 2.82. The Morgan fingerprint density at radius 1 is 1.27 bits per heavy atom. The van der Waals surface area contributed by atoms with Crippen LogP contribution in [0, 0.1) is 0 Å². The highest BCUT2D eigenvalue weighted by Gasteiger charge is 2.65. The summed E-state index contributed by atoms with van der Waals surface area (Å²) in [6, 6.07) is 9.48. The first-order valence-corrected chi connectivity index (χ1v) is 12.8. The third kappa shape index (κ3) is 3.35. The number of carbonyl (C=O) groups is 1. The van der Waals surface area contributed by atoms with Crippen molar-refractivity contribution in [2.75, 3.05) is 0 Å². The van der Waals surface area contributed by atoms with Gasteiger partial charge in [-0.25, -0.2) is 4.79 Å². The summed E-state index contributed by atoms with van der Waals surface area (Å²) in [7, 11) is -2.18. The molecule has 2 fully saturated rings. The van der Waals surface area contributed by atoms with E-state index in [1.165, 1.54) is 11.8 Å². The van der Waals surface area contributed by atoms with Gasteiger partial charge in [0.25, 0.3) is 0 Å². The molecule has 1 heterocycles. The number of fused-ring (bicyclic) bond motifs is 2. The first-order chi connectivity index (χ1) is 12.0. The van der Waals surface area contributed by atoms with Gasteiger partial charge in [-0.15, -0.1) is 11.8 Å². The van der Waals surface area contributed by atoms with Crippen LogP contribution in [0.3, 0.4) is 0 Å². The smallest absolute Gasteiger partial charge is 0.339 e. The predicted octanol–water partition coefficient (Wildman–Crippen LogP) is 2.96. The van der Waals surface area contributed by atoms with Crippen LogP contribution < -0.4 is 0 Å². The molecule has 5 nitrogen and oxygen atoms in total. The second-order valence-corrected chi connectivity index (χ2v) is 14.7. The molecule has 0 spiro atoms. The molecule has 1 aliphatic heterocycles. The Balaban J connectivity index is 1.90. The lowest BCUT2D eigenvalue weighted by molar-refractivity contribution is -0.154. The molecule has 0 unspecified atom stereocenters. The summed E-state index contributed by atoms with van der Waals surface area (Å²) < 4.78 is 11.9. The van der Waals surface area contributed by atoms with Crippen LogP contribution in [0.5, 0.6) is 0 Å². The van der Waals surface area contributed by atoms with Crippen molar-refractivity contribution < 1.29 is 24.2 Å². The molecule has 144 valence electrons. The van der Waals surface area contributed by atoms with Crippen LogP contribution in [0.1, 0.15) is 27.2 Å². The van der Waals surface area contributed by atoms with Gasteiger partial charge in [-0.2, -0.15) is 0 Å². The van der Waals surface area contributed by atoms with Crippen molar-refractivity contribution in [3.63, 3.8) is 0 Å². The standard InChI is InChI=1S/C19H28O5SSi/c1-18(2,3)26(4,5)24-15-13-11-19(22,17(21)23-13)16(14(15)20)25-12-9-7-6-8-10-12/h6-10,13-16,20,22H,11H2,1-5H3/t13-,14+,15+,16-,19-/m1/s1. The third-order valence-electron chi connectivity index (χ3n) is 5.85. The summed E-state index contributed by atoms with van der Waals surface area (Å²) in [6.45, 7) is 10.6. The Bertz CT molecular complexity index is 674. The molecule has 2 aliphatic rings. The summed E-state index contributed by atoms with van der Waals surface area (Å²) in [5.74, 6) is -0.656. The molecule has 1 aromatic rings. The van der Waals surface area contributed by atoms with E-state index in [2.05, 4.69) is 33.9 Å².